The van der Waals surface area contributed by atoms with Crippen molar-refractivity contribution in [1.29, 1.82) is 0 Å². The summed E-state index contributed by atoms with van der Waals surface area (Å²) in [6.07, 6.45) is 3.13. The lowest BCUT2D eigenvalue weighted by molar-refractivity contribution is 0.00330. The van der Waals surface area contributed by atoms with Gasteiger partial charge in [-0.15, -0.1) is 0 Å². The number of nitrogens with two attached hydrogens (primary N) is 1. The van der Waals surface area contributed by atoms with Crippen LogP contribution in [0.3, 0.4) is 0 Å². The molecule has 1 aliphatic rings. The second kappa shape index (κ2) is 5.20. The number of aliphatic hydroxyl groups excluding tert-OH is 1. The van der Waals surface area contributed by atoms with Gasteiger partial charge in [-0.05, 0) is 0 Å². The lowest BCUT2D eigenvalue weighted by atomic mass is 10.2. The molecular weight excluding hydrogens is 208 g/mol. The van der Waals surface area contributed by atoms with Gasteiger partial charge in [-0.25, -0.2) is 4.98 Å². The van der Waals surface area contributed by atoms with E-state index in [2.05, 4.69) is 14.9 Å². The molecule has 1 atom stereocenters. The van der Waals surface area contributed by atoms with Crippen LogP contribution in [0.15, 0.2) is 12.4 Å². The van der Waals surface area contributed by atoms with E-state index >= 15 is 0 Å². The molecule has 88 valence electrons. The molecular formula is C10H16N4O2. The SMILES string of the molecule is NCc1nccnc1N1CCOC(CO)C1. The summed E-state index contributed by atoms with van der Waals surface area (Å²) in [5.74, 6) is 0.798. The van der Waals surface area contributed by atoms with Crippen LogP contribution in [0, 0.1) is 0 Å². The molecule has 0 spiro atoms. The smallest absolute Gasteiger partial charge is 0.151 e. The van der Waals surface area contributed by atoms with Gasteiger partial charge in [0.15, 0.2) is 5.82 Å². The fourth-order valence-electron chi connectivity index (χ4n) is 1.79. The third-order valence-corrected chi connectivity index (χ3v) is 2.59. The zero-order chi connectivity index (χ0) is 11.4. The number of nitrogens with zero attached hydrogens (tertiary/aromatic N) is 3. The lowest BCUT2D eigenvalue weighted by Gasteiger charge is -2.33. The Morgan fingerprint density at radius 3 is 3.06 bits per heavy atom. The number of anilines is 1. The minimum atomic E-state index is -0.151. The highest BCUT2D eigenvalue weighted by molar-refractivity contribution is 5.43. The maximum Gasteiger partial charge on any atom is 0.151 e. The van der Waals surface area contributed by atoms with E-state index in [-0.39, 0.29) is 12.7 Å². The first-order valence-electron chi connectivity index (χ1n) is 5.32. The molecule has 16 heavy (non-hydrogen) atoms. The Hall–Kier alpha value is -1.24. The summed E-state index contributed by atoms with van der Waals surface area (Å²) in [7, 11) is 0. The summed E-state index contributed by atoms with van der Waals surface area (Å²) >= 11 is 0. The Labute approximate surface area is 94.1 Å². The van der Waals surface area contributed by atoms with Crippen LogP contribution in [0.25, 0.3) is 0 Å². The maximum atomic E-state index is 9.07. The van der Waals surface area contributed by atoms with E-state index in [1.807, 2.05) is 0 Å². The molecule has 0 aliphatic carbocycles. The highest BCUT2D eigenvalue weighted by Crippen LogP contribution is 2.17. The van der Waals surface area contributed by atoms with Crippen molar-refractivity contribution in [3.05, 3.63) is 18.1 Å². The van der Waals surface area contributed by atoms with Gasteiger partial charge in [0.2, 0.25) is 0 Å². The Morgan fingerprint density at radius 2 is 2.31 bits per heavy atom. The van der Waals surface area contributed by atoms with Crippen LogP contribution >= 0.6 is 0 Å². The van der Waals surface area contributed by atoms with Crippen LogP contribution in [0.2, 0.25) is 0 Å². The van der Waals surface area contributed by atoms with Gasteiger partial charge in [0.05, 0.1) is 25.0 Å². The van der Waals surface area contributed by atoms with E-state index in [1.54, 1.807) is 12.4 Å². The lowest BCUT2D eigenvalue weighted by Crippen LogP contribution is -2.45. The number of aromatic nitrogens is 2. The molecule has 0 radical (unpaired) electrons. The van der Waals surface area contributed by atoms with Crippen molar-refractivity contribution in [2.24, 2.45) is 5.73 Å². The second-order valence-electron chi connectivity index (χ2n) is 3.65. The topological polar surface area (TPSA) is 84.5 Å². The first kappa shape index (κ1) is 11.3. The van der Waals surface area contributed by atoms with Crippen molar-refractivity contribution in [2.45, 2.75) is 12.6 Å². The van der Waals surface area contributed by atoms with Crippen molar-refractivity contribution in [3.63, 3.8) is 0 Å². The molecule has 0 amide bonds. The fourth-order valence-corrected chi connectivity index (χ4v) is 1.79. The van der Waals surface area contributed by atoms with Crippen LogP contribution in [0.5, 0.6) is 0 Å². The summed E-state index contributed by atoms with van der Waals surface area (Å²) in [6.45, 7) is 2.36. The van der Waals surface area contributed by atoms with E-state index in [0.717, 1.165) is 18.1 Å². The van der Waals surface area contributed by atoms with Gasteiger partial charge in [0.1, 0.15) is 0 Å². The van der Waals surface area contributed by atoms with Crippen molar-refractivity contribution in [3.8, 4) is 0 Å². The van der Waals surface area contributed by atoms with E-state index in [1.165, 1.54) is 0 Å². The Balaban J connectivity index is 2.16. The highest BCUT2D eigenvalue weighted by Gasteiger charge is 2.22. The van der Waals surface area contributed by atoms with Crippen molar-refractivity contribution in [1.82, 2.24) is 9.97 Å². The van der Waals surface area contributed by atoms with Gasteiger partial charge in [0.25, 0.3) is 0 Å². The summed E-state index contributed by atoms with van der Waals surface area (Å²) < 4.78 is 5.38. The molecule has 0 bridgehead atoms. The van der Waals surface area contributed by atoms with Crippen LogP contribution in [-0.4, -0.2) is 47.5 Å². The van der Waals surface area contributed by atoms with E-state index in [4.69, 9.17) is 15.6 Å². The number of rotatable bonds is 3. The molecule has 1 unspecified atom stereocenters. The third-order valence-electron chi connectivity index (χ3n) is 2.59. The van der Waals surface area contributed by atoms with Gasteiger partial charge >= 0.3 is 0 Å². The predicted octanol–water partition coefficient (Wildman–Crippen LogP) is -0.867. The molecule has 1 aromatic heterocycles. The number of ether oxygens (including phenoxy) is 1. The highest BCUT2D eigenvalue weighted by atomic mass is 16.5. The first-order chi connectivity index (χ1) is 7.85. The molecule has 1 fully saturated rings. The Kier molecular flexibility index (Phi) is 3.66. The molecule has 1 saturated heterocycles. The van der Waals surface area contributed by atoms with E-state index in [0.29, 0.717) is 19.7 Å². The van der Waals surface area contributed by atoms with Crippen LogP contribution in [-0.2, 0) is 11.3 Å². The quantitative estimate of drug-likeness (QED) is 0.694. The third kappa shape index (κ3) is 2.29. The average Bonchev–Trinajstić information content (AvgIpc) is 2.38. The summed E-state index contributed by atoms with van der Waals surface area (Å²) in [5.41, 5.74) is 6.39. The molecule has 2 rings (SSSR count). The number of hydrogen-bond donors (Lipinski definition) is 2. The van der Waals surface area contributed by atoms with Crippen LogP contribution < -0.4 is 10.6 Å². The van der Waals surface area contributed by atoms with Crippen LogP contribution in [0.1, 0.15) is 5.69 Å². The predicted molar refractivity (Wildman–Crippen MR) is 59.0 cm³/mol. The molecule has 0 saturated carbocycles. The average molecular weight is 224 g/mol. The minimum Gasteiger partial charge on any atom is -0.394 e. The van der Waals surface area contributed by atoms with Crippen LogP contribution in [0.4, 0.5) is 5.82 Å². The molecule has 0 aromatic carbocycles. The molecule has 3 N–H and O–H groups in total. The van der Waals surface area contributed by atoms with Gasteiger partial charge in [-0.1, -0.05) is 0 Å². The van der Waals surface area contributed by atoms with Crippen molar-refractivity contribution in [2.75, 3.05) is 31.2 Å². The van der Waals surface area contributed by atoms with Crippen molar-refractivity contribution >= 4 is 5.82 Å². The first-order valence-corrected chi connectivity index (χ1v) is 5.32. The fraction of sp³-hybridized carbons (Fsp3) is 0.600. The molecule has 1 aliphatic heterocycles. The van der Waals surface area contributed by atoms with E-state index in [9.17, 15) is 0 Å². The monoisotopic (exact) mass is 224 g/mol. The van der Waals surface area contributed by atoms with Gasteiger partial charge in [-0.2, -0.15) is 0 Å². The Bertz CT molecular complexity index is 347. The molecule has 2 heterocycles. The second-order valence-corrected chi connectivity index (χ2v) is 3.65. The number of hydrogen-bond acceptors (Lipinski definition) is 6. The van der Waals surface area contributed by atoms with Gasteiger partial charge < -0.3 is 20.5 Å². The number of aliphatic hydroxyl groups is 1. The Morgan fingerprint density at radius 1 is 1.50 bits per heavy atom. The van der Waals surface area contributed by atoms with E-state index < -0.39 is 0 Å². The normalized spacial score (nSPS) is 21.1. The summed E-state index contributed by atoms with van der Waals surface area (Å²) in [5, 5.41) is 9.07. The van der Waals surface area contributed by atoms with Crippen molar-refractivity contribution < 1.29 is 9.84 Å². The number of morpholine rings is 1. The maximum absolute atomic E-state index is 9.07. The standard InChI is InChI=1S/C10H16N4O2/c11-5-9-10(13-2-1-12-9)14-3-4-16-8(6-14)7-15/h1-2,8,15H,3-7,11H2. The zero-order valence-corrected chi connectivity index (χ0v) is 9.04. The molecule has 6 heteroatoms. The molecule has 1 aromatic rings. The summed E-state index contributed by atoms with van der Waals surface area (Å²) in [6, 6.07) is 0. The molecule has 6 nitrogen and oxygen atoms in total. The minimum absolute atomic E-state index is 0.0225. The zero-order valence-electron chi connectivity index (χ0n) is 9.04. The van der Waals surface area contributed by atoms with Gasteiger partial charge in [0, 0.05) is 32.0 Å². The largest absolute Gasteiger partial charge is 0.394 e. The summed E-state index contributed by atoms with van der Waals surface area (Å²) in [4.78, 5) is 10.5. The van der Waals surface area contributed by atoms with Gasteiger partial charge in [-0.3, -0.25) is 4.98 Å².